The number of phenols is 2. The molecule has 0 bridgehead atoms. The maximum Gasteiger partial charge on any atom is 0.328 e. The van der Waals surface area contributed by atoms with Gasteiger partial charge in [-0.1, -0.05) is 6.07 Å². The fraction of sp³-hybridized carbons (Fsp3) is 0. The number of hydrogen-bond donors (Lipinski definition) is 3. The smallest absolute Gasteiger partial charge is 0.328 e. The molecule has 0 spiro atoms. The molecule has 3 N–H and O–H groups in total. The van der Waals surface area contributed by atoms with Crippen molar-refractivity contribution < 1.29 is 24.2 Å². The third-order valence-corrected chi connectivity index (χ3v) is 1.18. The zero-order valence-electron chi connectivity index (χ0n) is 9.40. The standard InChI is InChI=1S/C9H8O4/c10-7-3-1-6(5-8(7)11)2-4-9(12)13/h1-5,10-11H,(H,12,13)/b4-2+/i2D,3D,5D. The van der Waals surface area contributed by atoms with Crippen LogP contribution in [-0.4, -0.2) is 21.3 Å². The first-order valence-electron chi connectivity index (χ1n) is 4.78. The van der Waals surface area contributed by atoms with E-state index in [1.807, 2.05) is 0 Å². The Morgan fingerprint density at radius 1 is 1.54 bits per heavy atom. The van der Waals surface area contributed by atoms with Gasteiger partial charge in [-0.15, -0.1) is 0 Å². The van der Waals surface area contributed by atoms with E-state index in [4.69, 9.17) is 14.3 Å². The molecule has 0 unspecified atom stereocenters. The maximum atomic E-state index is 10.3. The lowest BCUT2D eigenvalue weighted by Crippen LogP contribution is -1.85. The van der Waals surface area contributed by atoms with E-state index in [0.29, 0.717) is 6.08 Å². The molecule has 13 heavy (non-hydrogen) atoms. The minimum Gasteiger partial charge on any atom is -0.504 e. The Morgan fingerprint density at radius 3 is 2.85 bits per heavy atom. The van der Waals surface area contributed by atoms with Gasteiger partial charge in [0.15, 0.2) is 11.5 Å². The van der Waals surface area contributed by atoms with Crippen molar-refractivity contribution in [1.82, 2.24) is 0 Å². The Morgan fingerprint density at radius 2 is 2.23 bits per heavy atom. The first-order chi connectivity index (χ1) is 7.34. The molecular formula is C9H8O4. The van der Waals surface area contributed by atoms with Crippen LogP contribution in [0.3, 0.4) is 0 Å². The third kappa shape index (κ3) is 2.52. The van der Waals surface area contributed by atoms with Crippen LogP contribution in [0, 0.1) is 0 Å². The van der Waals surface area contributed by atoms with Crippen LogP contribution in [0.15, 0.2) is 24.2 Å². The molecule has 0 aliphatic rings. The van der Waals surface area contributed by atoms with E-state index in [1.54, 1.807) is 0 Å². The summed E-state index contributed by atoms with van der Waals surface area (Å²) in [6.07, 6.45) is 0.531. The Balaban J connectivity index is 3.42. The van der Waals surface area contributed by atoms with Crippen molar-refractivity contribution in [3.05, 3.63) is 29.8 Å². The number of carbonyl (C=O) groups is 1. The van der Waals surface area contributed by atoms with Crippen LogP contribution in [0.1, 0.15) is 9.68 Å². The molecule has 0 aliphatic carbocycles. The number of aromatic hydroxyl groups is 2. The van der Waals surface area contributed by atoms with Gasteiger partial charge in [0, 0.05) is 6.08 Å². The third-order valence-electron chi connectivity index (χ3n) is 1.18. The lowest BCUT2D eigenvalue weighted by molar-refractivity contribution is -0.131. The van der Waals surface area contributed by atoms with E-state index >= 15 is 0 Å². The molecule has 0 aliphatic heterocycles. The Labute approximate surface area is 78.6 Å². The van der Waals surface area contributed by atoms with Gasteiger partial charge >= 0.3 is 5.97 Å². The van der Waals surface area contributed by atoms with E-state index in [2.05, 4.69) is 0 Å². The van der Waals surface area contributed by atoms with Gasteiger partial charge in [-0.3, -0.25) is 0 Å². The average Bonchev–Trinajstić information content (AvgIpc) is 2.19. The van der Waals surface area contributed by atoms with Crippen LogP contribution < -0.4 is 0 Å². The molecule has 4 heteroatoms. The Hall–Kier alpha value is -1.97. The number of phenolic OH excluding ortho intramolecular Hbond substituents is 2. The predicted octanol–water partition coefficient (Wildman–Crippen LogP) is 1.20. The van der Waals surface area contributed by atoms with Crippen molar-refractivity contribution in [3.63, 3.8) is 0 Å². The number of hydrogen-bond acceptors (Lipinski definition) is 3. The second-order valence-electron chi connectivity index (χ2n) is 2.15. The molecule has 1 aromatic rings. The SMILES string of the molecule is [2H]/C(=C\C(=O)O)c1cc([2H])c(O)c(O)c1[2H]. The van der Waals surface area contributed by atoms with E-state index in [9.17, 15) is 9.90 Å². The zero-order valence-corrected chi connectivity index (χ0v) is 6.40. The number of aliphatic carboxylic acids is 1. The Bertz CT molecular complexity index is 482. The summed E-state index contributed by atoms with van der Waals surface area (Å²) in [5, 5.41) is 26.8. The monoisotopic (exact) mass is 183 g/mol. The summed E-state index contributed by atoms with van der Waals surface area (Å²) >= 11 is 0. The normalized spacial score (nSPS) is 14.5. The van der Waals surface area contributed by atoms with Gasteiger partial charge in [-0.2, -0.15) is 0 Å². The minimum absolute atomic E-state index is 0.234. The van der Waals surface area contributed by atoms with Gasteiger partial charge in [0.1, 0.15) is 0 Å². The van der Waals surface area contributed by atoms with Crippen LogP contribution in [0.5, 0.6) is 11.5 Å². The van der Waals surface area contributed by atoms with Gasteiger partial charge in [0.05, 0.1) is 4.11 Å². The van der Waals surface area contributed by atoms with E-state index in [1.165, 1.54) is 0 Å². The highest BCUT2D eigenvalue weighted by atomic mass is 16.4. The van der Waals surface area contributed by atoms with E-state index in [-0.39, 0.29) is 5.56 Å². The van der Waals surface area contributed by atoms with Gasteiger partial charge < -0.3 is 15.3 Å². The number of benzene rings is 1. The predicted molar refractivity (Wildman–Crippen MR) is 46.4 cm³/mol. The second kappa shape index (κ2) is 3.62. The van der Waals surface area contributed by atoms with E-state index < -0.39 is 35.6 Å². The zero-order chi connectivity index (χ0) is 12.5. The summed E-state index contributed by atoms with van der Waals surface area (Å²) in [6, 6.07) is -0.650. The molecule has 0 atom stereocenters. The molecule has 1 rings (SSSR count). The number of rotatable bonds is 2. The fourth-order valence-corrected chi connectivity index (χ4v) is 0.649. The average molecular weight is 183 g/mol. The lowest BCUT2D eigenvalue weighted by atomic mass is 10.2. The van der Waals surface area contributed by atoms with Crippen LogP contribution in [0.25, 0.3) is 6.05 Å². The van der Waals surface area contributed by atoms with Gasteiger partial charge in [-0.05, 0) is 23.7 Å². The van der Waals surface area contributed by atoms with Crippen molar-refractivity contribution in [2.45, 2.75) is 0 Å². The number of carboxylic acids is 1. The van der Waals surface area contributed by atoms with Crippen molar-refractivity contribution >= 4 is 12.0 Å². The first kappa shape index (κ1) is 5.64. The highest BCUT2D eigenvalue weighted by Crippen LogP contribution is 2.25. The van der Waals surface area contributed by atoms with Gasteiger partial charge in [0.25, 0.3) is 0 Å². The molecule has 0 saturated carbocycles. The summed E-state index contributed by atoms with van der Waals surface area (Å²) in [4.78, 5) is 10.3. The van der Waals surface area contributed by atoms with Crippen LogP contribution >= 0.6 is 0 Å². The topological polar surface area (TPSA) is 77.8 Å². The van der Waals surface area contributed by atoms with E-state index in [0.717, 1.165) is 6.07 Å². The van der Waals surface area contributed by atoms with Crippen LogP contribution in [-0.2, 0) is 4.79 Å². The summed E-state index contributed by atoms with van der Waals surface area (Å²) in [5.74, 6) is -2.98. The lowest BCUT2D eigenvalue weighted by Gasteiger charge is -1.97. The summed E-state index contributed by atoms with van der Waals surface area (Å²) in [7, 11) is 0. The molecule has 4 nitrogen and oxygen atoms in total. The van der Waals surface area contributed by atoms with Crippen molar-refractivity contribution in [3.8, 4) is 11.5 Å². The molecule has 1 aromatic carbocycles. The second-order valence-corrected chi connectivity index (χ2v) is 2.15. The highest BCUT2D eigenvalue weighted by Gasteiger charge is 1.97. The Kier molecular flexibility index (Phi) is 1.57. The highest BCUT2D eigenvalue weighted by molar-refractivity contribution is 5.85. The minimum atomic E-state index is -1.37. The molecule has 0 amide bonds. The summed E-state index contributed by atoms with van der Waals surface area (Å²) < 4.78 is 21.9. The van der Waals surface area contributed by atoms with Crippen LogP contribution in [0.4, 0.5) is 0 Å². The molecule has 68 valence electrons. The van der Waals surface area contributed by atoms with Crippen LogP contribution in [0.2, 0.25) is 0 Å². The molecule has 0 saturated heterocycles. The first-order valence-corrected chi connectivity index (χ1v) is 3.28. The molecule has 0 heterocycles. The molecular weight excluding hydrogens is 172 g/mol. The summed E-state index contributed by atoms with van der Waals surface area (Å²) in [6.45, 7) is 0. The van der Waals surface area contributed by atoms with Gasteiger partial charge in [-0.25, -0.2) is 4.79 Å². The quantitative estimate of drug-likeness (QED) is 0.475. The largest absolute Gasteiger partial charge is 0.504 e. The van der Waals surface area contributed by atoms with Gasteiger partial charge in [0.2, 0.25) is 0 Å². The van der Waals surface area contributed by atoms with Crippen molar-refractivity contribution in [1.29, 1.82) is 0 Å². The van der Waals surface area contributed by atoms with Crippen molar-refractivity contribution in [2.75, 3.05) is 0 Å². The van der Waals surface area contributed by atoms with Crippen molar-refractivity contribution in [2.24, 2.45) is 0 Å². The maximum absolute atomic E-state index is 10.3. The summed E-state index contributed by atoms with van der Waals surface area (Å²) in [5.41, 5.74) is -0.234. The number of carboxylic acid groups (broad SMARTS) is 1. The molecule has 0 fully saturated rings. The molecule has 0 radical (unpaired) electrons. The fourth-order valence-electron chi connectivity index (χ4n) is 0.649. The molecule has 0 aromatic heterocycles.